The number of anilines is 1. The van der Waals surface area contributed by atoms with Crippen molar-refractivity contribution < 1.29 is 0 Å². The van der Waals surface area contributed by atoms with E-state index in [9.17, 15) is 0 Å². The van der Waals surface area contributed by atoms with Crippen molar-refractivity contribution >= 4 is 17.4 Å². The summed E-state index contributed by atoms with van der Waals surface area (Å²) in [6, 6.07) is 1.88. The summed E-state index contributed by atoms with van der Waals surface area (Å²) >= 11 is 6.07. The average Bonchev–Trinajstić information content (AvgIpc) is 2.69. The van der Waals surface area contributed by atoms with Crippen LogP contribution in [-0.2, 0) is 5.41 Å². The Labute approximate surface area is 124 Å². The Morgan fingerprint density at radius 1 is 1.30 bits per heavy atom. The van der Waals surface area contributed by atoms with Gasteiger partial charge in [0.1, 0.15) is 11.6 Å². The van der Waals surface area contributed by atoms with Gasteiger partial charge in [0.15, 0.2) is 5.82 Å². The molecule has 0 amide bonds. The van der Waals surface area contributed by atoms with Crippen molar-refractivity contribution in [3.8, 4) is 5.82 Å². The predicted molar refractivity (Wildman–Crippen MR) is 81.8 cm³/mol. The van der Waals surface area contributed by atoms with E-state index < -0.39 is 0 Å². The highest BCUT2D eigenvalue weighted by atomic mass is 35.5. The lowest BCUT2D eigenvalue weighted by Gasteiger charge is -2.18. The molecule has 0 aliphatic heterocycles. The Balaban J connectivity index is 2.54. The fraction of sp³-hybridized carbons (Fsp3) is 0.500. The minimum absolute atomic E-state index is 0.133. The van der Waals surface area contributed by atoms with E-state index in [-0.39, 0.29) is 5.41 Å². The molecule has 0 fully saturated rings. The number of aryl methyl sites for hydroxylation is 1. The summed E-state index contributed by atoms with van der Waals surface area (Å²) < 4.78 is 1.69. The molecule has 2 heterocycles. The Morgan fingerprint density at radius 2 is 2.00 bits per heavy atom. The second kappa shape index (κ2) is 5.40. The molecule has 20 heavy (non-hydrogen) atoms. The summed E-state index contributed by atoms with van der Waals surface area (Å²) in [5, 5.41) is 8.23. The van der Waals surface area contributed by atoms with E-state index in [0.29, 0.717) is 5.02 Å². The van der Waals surface area contributed by atoms with E-state index in [1.165, 1.54) is 0 Å². The molecule has 0 unspecified atom stereocenters. The van der Waals surface area contributed by atoms with Crippen LogP contribution in [0.4, 0.5) is 5.82 Å². The van der Waals surface area contributed by atoms with Gasteiger partial charge in [0.05, 0.1) is 16.9 Å². The highest BCUT2D eigenvalue weighted by molar-refractivity contribution is 6.31. The molecule has 0 aliphatic rings. The third kappa shape index (κ3) is 3.10. The van der Waals surface area contributed by atoms with Crippen molar-refractivity contribution in [2.24, 2.45) is 0 Å². The van der Waals surface area contributed by atoms with Gasteiger partial charge in [-0.15, -0.1) is 0 Å². The van der Waals surface area contributed by atoms with Crippen LogP contribution in [0.15, 0.2) is 12.3 Å². The number of rotatable bonds is 3. The molecule has 2 rings (SSSR count). The van der Waals surface area contributed by atoms with Crippen LogP contribution in [0.25, 0.3) is 5.82 Å². The Hall–Kier alpha value is -1.62. The topological polar surface area (TPSA) is 55.6 Å². The SMILES string of the molecule is CCNc1cc(-n2cc(Cl)c(C)n2)nc(C(C)(C)C)n1. The zero-order valence-corrected chi connectivity index (χ0v) is 13.3. The molecule has 0 atom stereocenters. The normalized spacial score (nSPS) is 11.7. The number of halogens is 1. The molecule has 0 saturated heterocycles. The van der Waals surface area contributed by atoms with Crippen molar-refractivity contribution in [1.82, 2.24) is 19.7 Å². The molecule has 5 nitrogen and oxygen atoms in total. The van der Waals surface area contributed by atoms with Gasteiger partial charge in [0, 0.05) is 18.0 Å². The largest absolute Gasteiger partial charge is 0.370 e. The highest BCUT2D eigenvalue weighted by Crippen LogP contribution is 2.23. The monoisotopic (exact) mass is 293 g/mol. The Kier molecular flexibility index (Phi) is 3.99. The molecule has 108 valence electrons. The van der Waals surface area contributed by atoms with E-state index in [1.807, 2.05) is 19.9 Å². The van der Waals surface area contributed by atoms with Crippen molar-refractivity contribution in [1.29, 1.82) is 0 Å². The summed E-state index contributed by atoms with van der Waals surface area (Å²) in [4.78, 5) is 9.16. The molecular formula is C14H20ClN5. The lowest BCUT2D eigenvalue weighted by molar-refractivity contribution is 0.542. The van der Waals surface area contributed by atoms with Gasteiger partial charge in [0.2, 0.25) is 0 Å². The highest BCUT2D eigenvalue weighted by Gasteiger charge is 2.20. The van der Waals surface area contributed by atoms with Gasteiger partial charge in [-0.25, -0.2) is 14.6 Å². The fourth-order valence-electron chi connectivity index (χ4n) is 1.72. The molecule has 0 bridgehead atoms. The van der Waals surface area contributed by atoms with Gasteiger partial charge >= 0.3 is 0 Å². The summed E-state index contributed by atoms with van der Waals surface area (Å²) in [7, 11) is 0. The summed E-state index contributed by atoms with van der Waals surface area (Å²) in [5.74, 6) is 2.29. The maximum absolute atomic E-state index is 6.07. The molecule has 2 aromatic rings. The van der Waals surface area contributed by atoms with Crippen molar-refractivity contribution in [2.45, 2.75) is 40.0 Å². The van der Waals surface area contributed by atoms with Crippen molar-refractivity contribution in [3.63, 3.8) is 0 Å². The third-order valence-electron chi connectivity index (χ3n) is 2.82. The molecule has 0 radical (unpaired) electrons. The molecule has 1 N–H and O–H groups in total. The van der Waals surface area contributed by atoms with Crippen molar-refractivity contribution in [2.75, 3.05) is 11.9 Å². The Bertz CT molecular complexity index is 593. The van der Waals surface area contributed by atoms with E-state index in [2.05, 4.69) is 41.2 Å². The lowest BCUT2D eigenvalue weighted by Crippen LogP contribution is -2.19. The molecule has 0 aliphatic carbocycles. The number of nitrogens with zero attached hydrogens (tertiary/aromatic N) is 4. The molecule has 0 spiro atoms. The van der Waals surface area contributed by atoms with Crippen LogP contribution in [-0.4, -0.2) is 26.3 Å². The van der Waals surface area contributed by atoms with Crippen LogP contribution >= 0.6 is 11.6 Å². The number of aromatic nitrogens is 4. The van der Waals surface area contributed by atoms with Gasteiger partial charge in [-0.1, -0.05) is 32.4 Å². The maximum atomic E-state index is 6.07. The Morgan fingerprint density at radius 3 is 2.50 bits per heavy atom. The van der Waals surface area contributed by atoms with Gasteiger partial charge < -0.3 is 5.32 Å². The van der Waals surface area contributed by atoms with Crippen LogP contribution < -0.4 is 5.32 Å². The maximum Gasteiger partial charge on any atom is 0.159 e. The van der Waals surface area contributed by atoms with Crippen molar-refractivity contribution in [3.05, 3.63) is 28.8 Å². The second-order valence-corrected chi connectivity index (χ2v) is 6.13. The van der Waals surface area contributed by atoms with E-state index in [4.69, 9.17) is 11.6 Å². The number of hydrogen-bond acceptors (Lipinski definition) is 4. The van der Waals surface area contributed by atoms with Crippen LogP contribution in [0.3, 0.4) is 0 Å². The smallest absolute Gasteiger partial charge is 0.159 e. The standard InChI is InChI=1S/C14H20ClN5/c1-6-16-11-7-12(18-13(17-11)14(3,4)5)20-8-10(15)9(2)19-20/h7-8H,6H2,1-5H3,(H,16,17,18). The minimum Gasteiger partial charge on any atom is -0.370 e. The molecule has 2 aromatic heterocycles. The summed E-state index contributed by atoms with van der Waals surface area (Å²) in [5.41, 5.74) is 0.652. The van der Waals surface area contributed by atoms with Crippen LogP contribution in [0.1, 0.15) is 39.2 Å². The fourth-order valence-corrected chi connectivity index (χ4v) is 1.85. The first-order valence-corrected chi connectivity index (χ1v) is 7.04. The summed E-state index contributed by atoms with van der Waals surface area (Å²) in [6.45, 7) is 11.0. The molecule has 6 heteroatoms. The predicted octanol–water partition coefficient (Wildman–Crippen LogP) is 3.35. The lowest BCUT2D eigenvalue weighted by atomic mass is 9.96. The minimum atomic E-state index is -0.133. The van der Waals surface area contributed by atoms with Crippen LogP contribution in [0, 0.1) is 6.92 Å². The van der Waals surface area contributed by atoms with Crippen LogP contribution in [0.5, 0.6) is 0 Å². The first kappa shape index (κ1) is 14.8. The molecule has 0 saturated carbocycles. The second-order valence-electron chi connectivity index (χ2n) is 5.72. The first-order valence-electron chi connectivity index (χ1n) is 6.67. The molecular weight excluding hydrogens is 274 g/mol. The van der Waals surface area contributed by atoms with Gasteiger partial charge in [-0.05, 0) is 13.8 Å². The summed E-state index contributed by atoms with van der Waals surface area (Å²) in [6.07, 6.45) is 1.77. The zero-order chi connectivity index (χ0) is 14.9. The van der Waals surface area contributed by atoms with E-state index >= 15 is 0 Å². The number of hydrogen-bond donors (Lipinski definition) is 1. The van der Waals surface area contributed by atoms with Gasteiger partial charge in [0.25, 0.3) is 0 Å². The zero-order valence-electron chi connectivity index (χ0n) is 12.5. The number of nitrogens with one attached hydrogen (secondary N) is 1. The van der Waals surface area contributed by atoms with Gasteiger partial charge in [-0.3, -0.25) is 0 Å². The third-order valence-corrected chi connectivity index (χ3v) is 3.19. The molecule has 0 aromatic carbocycles. The quantitative estimate of drug-likeness (QED) is 0.943. The first-order chi connectivity index (χ1) is 9.31. The van der Waals surface area contributed by atoms with Gasteiger partial charge in [-0.2, -0.15) is 5.10 Å². The van der Waals surface area contributed by atoms with E-state index in [0.717, 1.165) is 29.7 Å². The van der Waals surface area contributed by atoms with Crippen LogP contribution in [0.2, 0.25) is 5.02 Å². The average molecular weight is 294 g/mol. The van der Waals surface area contributed by atoms with E-state index in [1.54, 1.807) is 10.9 Å².